The lowest BCUT2D eigenvalue weighted by atomic mass is 10.2. The van der Waals surface area contributed by atoms with E-state index in [1.54, 1.807) is 12.2 Å². The van der Waals surface area contributed by atoms with Gasteiger partial charge in [0.25, 0.3) is 5.91 Å². The number of ether oxygens (including phenoxy) is 1. The number of amides is 1. The lowest BCUT2D eigenvalue weighted by molar-refractivity contribution is -0.384. The summed E-state index contributed by atoms with van der Waals surface area (Å²) in [4.78, 5) is 37.1. The summed E-state index contributed by atoms with van der Waals surface area (Å²) in [6.45, 7) is 0.504. The van der Waals surface area contributed by atoms with Gasteiger partial charge >= 0.3 is 11.7 Å². The molecule has 0 bridgehead atoms. The van der Waals surface area contributed by atoms with Crippen molar-refractivity contribution in [3.8, 4) is 0 Å². The van der Waals surface area contributed by atoms with Gasteiger partial charge in [-0.15, -0.1) is 0 Å². The molecule has 0 unspecified atom stereocenters. The average molecular weight is 384 g/mol. The molecule has 2 rings (SSSR count). The van der Waals surface area contributed by atoms with Crippen molar-refractivity contribution >= 4 is 23.4 Å². The Hall–Kier alpha value is -3.75. The first-order valence-corrected chi connectivity index (χ1v) is 8.50. The molecule has 0 spiro atoms. The lowest BCUT2D eigenvalue weighted by Crippen LogP contribution is -2.13. The summed E-state index contributed by atoms with van der Waals surface area (Å²) in [5, 5.41) is 13.9. The van der Waals surface area contributed by atoms with Crippen molar-refractivity contribution in [3.63, 3.8) is 0 Å². The van der Waals surface area contributed by atoms with Crippen LogP contribution >= 0.6 is 0 Å². The zero-order chi connectivity index (χ0) is 20.4. The van der Waals surface area contributed by atoms with Crippen molar-refractivity contribution in [3.05, 3.63) is 76.0 Å². The third-order valence-electron chi connectivity index (χ3n) is 3.66. The fraction of sp³-hybridized carbons (Fsp3) is 0.211. The van der Waals surface area contributed by atoms with Crippen LogP contribution in [0.2, 0.25) is 0 Å². The second kappa shape index (κ2) is 10.4. The highest BCUT2D eigenvalue weighted by molar-refractivity contribution is 5.93. The maximum absolute atomic E-state index is 11.7. The van der Waals surface area contributed by atoms with Gasteiger partial charge in [0.2, 0.25) is 5.82 Å². The molecule has 146 valence electrons. The molecular weight excluding hydrogens is 364 g/mol. The number of nitrogens with two attached hydrogens (primary N) is 1. The first-order valence-electron chi connectivity index (χ1n) is 8.50. The summed E-state index contributed by atoms with van der Waals surface area (Å²) in [5.74, 6) is -1.07. The van der Waals surface area contributed by atoms with Gasteiger partial charge in [0.05, 0.1) is 10.5 Å². The second-order valence-electron chi connectivity index (χ2n) is 5.75. The van der Waals surface area contributed by atoms with E-state index < -0.39 is 10.8 Å². The Labute approximate surface area is 161 Å². The van der Waals surface area contributed by atoms with Crippen molar-refractivity contribution < 1.29 is 19.2 Å². The van der Waals surface area contributed by atoms with Crippen molar-refractivity contribution in [2.24, 2.45) is 5.73 Å². The number of hydrogen-bond acceptors (Lipinski definition) is 7. The maximum Gasteiger partial charge on any atom is 0.312 e. The van der Waals surface area contributed by atoms with Crippen LogP contribution in [0.1, 0.15) is 28.8 Å². The van der Waals surface area contributed by atoms with Gasteiger partial charge in [0.15, 0.2) is 0 Å². The number of carbonyl (C=O) groups is 2. The highest BCUT2D eigenvalue weighted by Gasteiger charge is 2.17. The number of rotatable bonds is 10. The van der Waals surface area contributed by atoms with Gasteiger partial charge in [-0.25, -0.2) is 4.98 Å². The van der Waals surface area contributed by atoms with E-state index in [1.807, 2.05) is 30.3 Å². The van der Waals surface area contributed by atoms with Gasteiger partial charge in [-0.2, -0.15) is 0 Å². The largest absolute Gasteiger partial charge is 0.461 e. The van der Waals surface area contributed by atoms with Crippen LogP contribution in [0.5, 0.6) is 0 Å². The van der Waals surface area contributed by atoms with Crippen LogP contribution in [-0.2, 0) is 16.1 Å². The van der Waals surface area contributed by atoms with Gasteiger partial charge in [0, 0.05) is 25.2 Å². The fourth-order valence-corrected chi connectivity index (χ4v) is 2.23. The minimum Gasteiger partial charge on any atom is -0.461 e. The number of carbonyl (C=O) groups excluding carboxylic acids is 2. The Morgan fingerprint density at radius 1 is 1.25 bits per heavy atom. The molecule has 9 heteroatoms. The normalized spacial score (nSPS) is 10.6. The molecule has 2 aromatic rings. The average Bonchev–Trinajstić information content (AvgIpc) is 2.69. The maximum atomic E-state index is 11.7. The number of hydrogen-bond donors (Lipinski definition) is 2. The first kappa shape index (κ1) is 20.6. The first-order chi connectivity index (χ1) is 13.5. The molecule has 0 fully saturated rings. The smallest absolute Gasteiger partial charge is 0.312 e. The van der Waals surface area contributed by atoms with Gasteiger partial charge in [-0.3, -0.25) is 19.7 Å². The number of benzene rings is 1. The third-order valence-corrected chi connectivity index (χ3v) is 3.66. The van der Waals surface area contributed by atoms with E-state index in [0.717, 1.165) is 11.6 Å². The van der Waals surface area contributed by atoms with Crippen LogP contribution in [-0.4, -0.2) is 28.3 Å². The van der Waals surface area contributed by atoms with Crippen LogP contribution in [0.3, 0.4) is 0 Å². The quantitative estimate of drug-likeness (QED) is 0.278. The van der Waals surface area contributed by atoms with Crippen molar-refractivity contribution in [2.75, 3.05) is 11.9 Å². The Bertz CT molecular complexity index is 868. The molecule has 28 heavy (non-hydrogen) atoms. The minimum atomic E-state index is -0.791. The number of pyridine rings is 1. The van der Waals surface area contributed by atoms with Crippen LogP contribution in [0.15, 0.2) is 54.7 Å². The van der Waals surface area contributed by atoms with E-state index in [1.165, 1.54) is 6.20 Å². The van der Waals surface area contributed by atoms with E-state index in [9.17, 15) is 19.7 Å². The lowest BCUT2D eigenvalue weighted by Gasteiger charge is -2.05. The Balaban J connectivity index is 1.74. The number of nitrogens with one attached hydrogen (secondary N) is 1. The summed E-state index contributed by atoms with van der Waals surface area (Å²) in [6, 6.07) is 10.5. The number of anilines is 1. The summed E-state index contributed by atoms with van der Waals surface area (Å²) in [7, 11) is 0. The number of primary amides is 1. The van der Waals surface area contributed by atoms with E-state index >= 15 is 0 Å². The molecule has 9 nitrogen and oxygen atoms in total. The molecule has 1 aromatic heterocycles. The zero-order valence-electron chi connectivity index (χ0n) is 15.0. The molecule has 1 heterocycles. The summed E-state index contributed by atoms with van der Waals surface area (Å²) in [5.41, 5.74) is 5.64. The molecular formula is C19H20N4O5. The standard InChI is InChI=1S/C19H20N4O5/c20-18(25)15-11-16(23(26)27)19(22-12-15)21-10-6-2-5-9-17(24)28-13-14-7-3-1-4-8-14/h1-4,6-8,11-12H,5,9-10,13H2,(H2,20,25)(H,21,22)/b6-2+. The van der Waals surface area contributed by atoms with Crippen LogP contribution in [0, 0.1) is 10.1 Å². The molecule has 0 atom stereocenters. The van der Waals surface area contributed by atoms with Crippen molar-refractivity contribution in [2.45, 2.75) is 19.4 Å². The fourth-order valence-electron chi connectivity index (χ4n) is 2.23. The Morgan fingerprint density at radius 2 is 2.00 bits per heavy atom. The molecule has 0 radical (unpaired) electrons. The van der Waals surface area contributed by atoms with Gasteiger partial charge in [-0.1, -0.05) is 42.5 Å². The zero-order valence-corrected chi connectivity index (χ0v) is 15.0. The SMILES string of the molecule is NC(=O)c1cnc(NC/C=C/CCC(=O)OCc2ccccc2)c([N+](=O)[O-])c1. The molecule has 0 aliphatic heterocycles. The summed E-state index contributed by atoms with van der Waals surface area (Å²) < 4.78 is 5.17. The molecule has 3 N–H and O–H groups in total. The van der Waals surface area contributed by atoms with Gasteiger partial charge in [0.1, 0.15) is 6.61 Å². The van der Waals surface area contributed by atoms with E-state index in [-0.39, 0.29) is 42.6 Å². The van der Waals surface area contributed by atoms with E-state index in [4.69, 9.17) is 10.5 Å². The van der Waals surface area contributed by atoms with Gasteiger partial charge < -0.3 is 15.8 Å². The Kier molecular flexibility index (Phi) is 7.64. The molecule has 1 aromatic carbocycles. The second-order valence-corrected chi connectivity index (χ2v) is 5.75. The molecule has 1 amide bonds. The molecule has 0 saturated heterocycles. The summed E-state index contributed by atoms with van der Waals surface area (Å²) >= 11 is 0. The number of nitrogens with zero attached hydrogens (tertiary/aromatic N) is 2. The number of esters is 1. The number of allylic oxidation sites excluding steroid dienone is 1. The summed E-state index contributed by atoms with van der Waals surface area (Å²) in [6.07, 6.45) is 5.36. The Morgan fingerprint density at radius 3 is 2.68 bits per heavy atom. The predicted octanol–water partition coefficient (Wildman–Crippen LogP) is 2.58. The van der Waals surface area contributed by atoms with Crippen molar-refractivity contribution in [1.29, 1.82) is 0 Å². The highest BCUT2D eigenvalue weighted by atomic mass is 16.6. The molecule has 0 aliphatic carbocycles. The van der Waals surface area contributed by atoms with Crippen LogP contribution < -0.4 is 11.1 Å². The molecule has 0 aliphatic rings. The molecule has 0 saturated carbocycles. The van der Waals surface area contributed by atoms with Gasteiger partial charge in [-0.05, 0) is 12.0 Å². The van der Waals surface area contributed by atoms with E-state index in [2.05, 4.69) is 10.3 Å². The van der Waals surface area contributed by atoms with Crippen LogP contribution in [0.4, 0.5) is 11.5 Å². The van der Waals surface area contributed by atoms with E-state index in [0.29, 0.717) is 6.42 Å². The minimum absolute atomic E-state index is 0.0296. The monoisotopic (exact) mass is 384 g/mol. The third kappa shape index (κ3) is 6.52. The van der Waals surface area contributed by atoms with Crippen molar-refractivity contribution in [1.82, 2.24) is 4.98 Å². The number of nitro groups is 1. The number of aromatic nitrogens is 1. The highest BCUT2D eigenvalue weighted by Crippen LogP contribution is 2.22. The predicted molar refractivity (Wildman–Crippen MR) is 103 cm³/mol. The topological polar surface area (TPSA) is 137 Å². The van der Waals surface area contributed by atoms with Crippen LogP contribution in [0.25, 0.3) is 0 Å².